The van der Waals surface area contributed by atoms with Gasteiger partial charge in [-0.3, -0.25) is 4.79 Å². The van der Waals surface area contributed by atoms with Crippen molar-refractivity contribution >= 4 is 18.2 Å². The summed E-state index contributed by atoms with van der Waals surface area (Å²) >= 11 is 0. The second-order valence-electron chi connectivity index (χ2n) is 5.51. The lowest BCUT2D eigenvalue weighted by Crippen LogP contribution is -2.22. The molecule has 0 aliphatic carbocycles. The van der Waals surface area contributed by atoms with Crippen LogP contribution >= 0.6 is 0 Å². The van der Waals surface area contributed by atoms with E-state index in [-0.39, 0.29) is 12.0 Å². The SMILES string of the molecule is Cc1ccc(C(=O)N/N=C\C2=Cc3ccccc3O[C@H]2C)cc1. The highest BCUT2D eigenvalue weighted by Gasteiger charge is 2.16. The van der Waals surface area contributed by atoms with Gasteiger partial charge in [0, 0.05) is 16.7 Å². The van der Waals surface area contributed by atoms with Gasteiger partial charge >= 0.3 is 0 Å². The summed E-state index contributed by atoms with van der Waals surface area (Å²) < 4.78 is 5.83. The number of carbonyl (C=O) groups is 1. The fraction of sp³-hybridized carbons (Fsp3) is 0.158. The molecule has 0 aromatic heterocycles. The number of para-hydroxylation sites is 1. The topological polar surface area (TPSA) is 50.7 Å². The van der Waals surface area contributed by atoms with Crippen LogP contribution in [0.1, 0.15) is 28.4 Å². The first-order chi connectivity index (χ1) is 11.1. The maximum absolute atomic E-state index is 12.0. The van der Waals surface area contributed by atoms with E-state index in [4.69, 9.17) is 4.74 Å². The minimum Gasteiger partial charge on any atom is -0.485 e. The van der Waals surface area contributed by atoms with Gasteiger partial charge in [0.15, 0.2) is 0 Å². The van der Waals surface area contributed by atoms with Gasteiger partial charge in [0.05, 0.1) is 6.21 Å². The first-order valence-electron chi connectivity index (χ1n) is 7.51. The number of hydrogen-bond donors (Lipinski definition) is 1. The van der Waals surface area contributed by atoms with E-state index in [9.17, 15) is 4.79 Å². The highest BCUT2D eigenvalue weighted by atomic mass is 16.5. The number of ether oxygens (including phenoxy) is 1. The Balaban J connectivity index is 1.69. The van der Waals surface area contributed by atoms with E-state index in [0.717, 1.165) is 22.4 Å². The molecule has 1 atom stereocenters. The molecule has 1 aliphatic heterocycles. The molecule has 0 saturated carbocycles. The van der Waals surface area contributed by atoms with Crippen LogP contribution in [-0.4, -0.2) is 18.2 Å². The van der Waals surface area contributed by atoms with Crippen molar-refractivity contribution in [1.29, 1.82) is 0 Å². The molecule has 3 rings (SSSR count). The van der Waals surface area contributed by atoms with Crippen LogP contribution in [0.25, 0.3) is 6.08 Å². The van der Waals surface area contributed by atoms with Crippen LogP contribution in [0.5, 0.6) is 5.75 Å². The molecule has 116 valence electrons. The zero-order valence-corrected chi connectivity index (χ0v) is 13.1. The zero-order chi connectivity index (χ0) is 16.2. The molecule has 4 heteroatoms. The second kappa shape index (κ2) is 6.48. The van der Waals surface area contributed by atoms with Crippen LogP contribution in [0.2, 0.25) is 0 Å². The van der Waals surface area contributed by atoms with Crippen molar-refractivity contribution in [3.8, 4) is 5.75 Å². The molecule has 2 aromatic rings. The van der Waals surface area contributed by atoms with E-state index < -0.39 is 0 Å². The summed E-state index contributed by atoms with van der Waals surface area (Å²) in [6.07, 6.45) is 3.54. The molecule has 0 radical (unpaired) electrons. The summed E-state index contributed by atoms with van der Waals surface area (Å²) in [5.74, 6) is 0.632. The summed E-state index contributed by atoms with van der Waals surface area (Å²) in [7, 11) is 0. The average molecular weight is 306 g/mol. The molecule has 0 saturated heterocycles. The third-order valence-electron chi connectivity index (χ3n) is 3.71. The van der Waals surface area contributed by atoms with Gasteiger partial charge in [-0.25, -0.2) is 5.43 Å². The van der Waals surface area contributed by atoms with Crippen LogP contribution in [0.4, 0.5) is 0 Å². The molecule has 0 bridgehead atoms. The van der Waals surface area contributed by atoms with Gasteiger partial charge in [0.1, 0.15) is 11.9 Å². The fourth-order valence-electron chi connectivity index (χ4n) is 2.34. The third kappa shape index (κ3) is 3.48. The summed E-state index contributed by atoms with van der Waals surface area (Å²) in [6, 6.07) is 15.2. The van der Waals surface area contributed by atoms with Gasteiger partial charge in [-0.05, 0) is 38.1 Å². The Kier molecular flexibility index (Phi) is 4.24. The van der Waals surface area contributed by atoms with E-state index in [1.807, 2.05) is 56.3 Å². The molecule has 1 heterocycles. The van der Waals surface area contributed by atoms with Crippen molar-refractivity contribution in [2.75, 3.05) is 0 Å². The lowest BCUT2D eigenvalue weighted by molar-refractivity contribution is 0.0955. The van der Waals surface area contributed by atoms with E-state index in [1.165, 1.54) is 0 Å². The maximum atomic E-state index is 12.0. The molecule has 1 N–H and O–H groups in total. The van der Waals surface area contributed by atoms with Crippen molar-refractivity contribution < 1.29 is 9.53 Å². The molecule has 0 spiro atoms. The minimum absolute atomic E-state index is 0.107. The van der Waals surface area contributed by atoms with Crippen molar-refractivity contribution in [2.45, 2.75) is 20.0 Å². The molecule has 4 nitrogen and oxygen atoms in total. The summed E-state index contributed by atoms with van der Waals surface area (Å²) in [4.78, 5) is 12.0. The average Bonchev–Trinajstić information content (AvgIpc) is 2.56. The normalized spacial score (nSPS) is 16.4. The van der Waals surface area contributed by atoms with E-state index in [0.29, 0.717) is 5.56 Å². The highest BCUT2D eigenvalue weighted by molar-refractivity contribution is 5.95. The molecule has 23 heavy (non-hydrogen) atoms. The number of nitrogens with one attached hydrogen (secondary N) is 1. The lowest BCUT2D eigenvalue weighted by atomic mass is 10.0. The minimum atomic E-state index is -0.230. The summed E-state index contributed by atoms with van der Waals surface area (Å²) in [5.41, 5.74) is 6.16. The largest absolute Gasteiger partial charge is 0.485 e. The Morgan fingerprint density at radius 1 is 1.17 bits per heavy atom. The van der Waals surface area contributed by atoms with Crippen molar-refractivity contribution in [3.05, 3.63) is 70.8 Å². The molecule has 2 aromatic carbocycles. The van der Waals surface area contributed by atoms with Gasteiger partial charge in [-0.15, -0.1) is 0 Å². The van der Waals surface area contributed by atoms with E-state index in [1.54, 1.807) is 18.3 Å². The molecular weight excluding hydrogens is 288 g/mol. The van der Waals surface area contributed by atoms with Crippen molar-refractivity contribution in [1.82, 2.24) is 5.43 Å². The number of nitrogens with zero attached hydrogens (tertiary/aromatic N) is 1. The first-order valence-corrected chi connectivity index (χ1v) is 7.51. The Labute approximate surface area is 135 Å². The second-order valence-corrected chi connectivity index (χ2v) is 5.51. The molecule has 0 fully saturated rings. The van der Waals surface area contributed by atoms with Crippen LogP contribution in [0.15, 0.2) is 59.2 Å². The monoisotopic (exact) mass is 306 g/mol. The van der Waals surface area contributed by atoms with Gasteiger partial charge in [-0.2, -0.15) is 5.10 Å². The summed E-state index contributed by atoms with van der Waals surface area (Å²) in [5, 5.41) is 4.04. The predicted molar refractivity (Wildman–Crippen MR) is 91.6 cm³/mol. The van der Waals surface area contributed by atoms with Gasteiger partial charge in [0.25, 0.3) is 5.91 Å². The van der Waals surface area contributed by atoms with Gasteiger partial charge in [0.2, 0.25) is 0 Å². The maximum Gasteiger partial charge on any atom is 0.271 e. The Hall–Kier alpha value is -2.88. The van der Waals surface area contributed by atoms with Crippen LogP contribution < -0.4 is 10.2 Å². The molecular formula is C19H18N2O2. The van der Waals surface area contributed by atoms with Gasteiger partial charge < -0.3 is 4.74 Å². The smallest absolute Gasteiger partial charge is 0.271 e. The summed E-state index contributed by atoms with van der Waals surface area (Å²) in [6.45, 7) is 3.93. The zero-order valence-electron chi connectivity index (χ0n) is 13.1. The van der Waals surface area contributed by atoms with Crippen LogP contribution in [0.3, 0.4) is 0 Å². The third-order valence-corrected chi connectivity index (χ3v) is 3.71. The fourth-order valence-corrected chi connectivity index (χ4v) is 2.34. The number of rotatable bonds is 3. The van der Waals surface area contributed by atoms with Crippen molar-refractivity contribution in [2.24, 2.45) is 5.10 Å². The number of hydrogen-bond acceptors (Lipinski definition) is 3. The van der Waals surface area contributed by atoms with E-state index >= 15 is 0 Å². The Morgan fingerprint density at radius 3 is 2.70 bits per heavy atom. The number of carbonyl (C=O) groups excluding carboxylic acids is 1. The Bertz CT molecular complexity index is 776. The molecule has 1 amide bonds. The van der Waals surface area contributed by atoms with Crippen molar-refractivity contribution in [3.63, 3.8) is 0 Å². The van der Waals surface area contributed by atoms with Gasteiger partial charge in [-0.1, -0.05) is 35.9 Å². The first kappa shape index (κ1) is 15.0. The predicted octanol–water partition coefficient (Wildman–Crippen LogP) is 3.58. The Morgan fingerprint density at radius 2 is 1.91 bits per heavy atom. The molecule has 0 unspecified atom stereocenters. The van der Waals surface area contributed by atoms with Crippen LogP contribution in [0, 0.1) is 6.92 Å². The number of benzene rings is 2. The number of amides is 1. The molecule has 1 aliphatic rings. The van der Waals surface area contributed by atoms with E-state index in [2.05, 4.69) is 10.5 Å². The number of aryl methyl sites for hydroxylation is 1. The number of fused-ring (bicyclic) bond motifs is 1. The number of hydrazone groups is 1. The van der Waals surface area contributed by atoms with Crippen LogP contribution in [-0.2, 0) is 0 Å². The lowest BCUT2D eigenvalue weighted by Gasteiger charge is -2.22. The quantitative estimate of drug-likeness (QED) is 0.696. The highest BCUT2D eigenvalue weighted by Crippen LogP contribution is 2.28. The standard InChI is InChI=1S/C19H18N2O2/c1-13-7-9-15(10-8-13)19(22)21-20-12-17-11-16-5-3-4-6-18(16)23-14(17)2/h3-12,14H,1-2H3,(H,21,22)/b20-12-/t14-/m0/s1.